The molecule has 0 saturated carbocycles. The van der Waals surface area contributed by atoms with Gasteiger partial charge in [0.25, 0.3) is 0 Å². The fourth-order valence-electron chi connectivity index (χ4n) is 4.72. The van der Waals surface area contributed by atoms with Gasteiger partial charge in [0.2, 0.25) is 0 Å². The zero-order valence-electron chi connectivity index (χ0n) is 17.8. The van der Waals surface area contributed by atoms with Gasteiger partial charge < -0.3 is 14.2 Å². The van der Waals surface area contributed by atoms with Crippen LogP contribution in [0.1, 0.15) is 51.5 Å². The Hall–Kier alpha value is -2.01. The number of likely N-dealkylation sites (N-methyl/N-ethyl adjacent to an activating group) is 1. The van der Waals surface area contributed by atoms with Crippen molar-refractivity contribution in [1.82, 2.24) is 4.90 Å². The highest BCUT2D eigenvalue weighted by Gasteiger charge is 2.48. The molecule has 0 bridgehead atoms. The largest absolute Gasteiger partial charge is 0.493 e. The molecule has 1 fully saturated rings. The van der Waals surface area contributed by atoms with Gasteiger partial charge in [0.05, 0.1) is 20.1 Å². The summed E-state index contributed by atoms with van der Waals surface area (Å²) in [6.45, 7) is 5.06. The molecule has 1 heterocycles. The van der Waals surface area contributed by atoms with Gasteiger partial charge in [-0.05, 0) is 56.6 Å². The summed E-state index contributed by atoms with van der Waals surface area (Å²) in [6, 6.07) is 6.47. The SMILES string of the molecule is CCCC(C)C(=O)OC1=CC2N(C)CC[C@]2(c2ccc(OC)c(OC)c2)CC1. The normalized spacial score (nSPS) is 25.6. The Balaban J connectivity index is 1.87. The Labute approximate surface area is 168 Å². The predicted molar refractivity (Wildman–Crippen MR) is 110 cm³/mol. The number of allylic oxidation sites excluding steroid dienone is 1. The molecule has 1 aliphatic carbocycles. The molecule has 3 atom stereocenters. The van der Waals surface area contributed by atoms with Crippen molar-refractivity contribution < 1.29 is 19.0 Å². The maximum absolute atomic E-state index is 12.4. The molecule has 0 N–H and O–H groups in total. The highest BCUT2D eigenvalue weighted by molar-refractivity contribution is 5.73. The minimum absolute atomic E-state index is 0.0131. The van der Waals surface area contributed by atoms with E-state index in [0.29, 0.717) is 0 Å². The van der Waals surface area contributed by atoms with Crippen LogP contribution in [0.25, 0.3) is 0 Å². The maximum Gasteiger partial charge on any atom is 0.313 e. The molecule has 0 amide bonds. The van der Waals surface area contributed by atoms with Crippen LogP contribution in [0.15, 0.2) is 30.0 Å². The van der Waals surface area contributed by atoms with Crippen molar-refractivity contribution in [1.29, 1.82) is 0 Å². The fourth-order valence-corrected chi connectivity index (χ4v) is 4.72. The van der Waals surface area contributed by atoms with E-state index in [0.717, 1.165) is 55.9 Å². The Morgan fingerprint density at radius 2 is 2.00 bits per heavy atom. The van der Waals surface area contributed by atoms with Crippen molar-refractivity contribution in [2.75, 3.05) is 27.8 Å². The molecule has 0 spiro atoms. The monoisotopic (exact) mass is 387 g/mol. The van der Waals surface area contributed by atoms with Gasteiger partial charge in [0.1, 0.15) is 5.76 Å². The van der Waals surface area contributed by atoms with Gasteiger partial charge in [0.15, 0.2) is 11.5 Å². The van der Waals surface area contributed by atoms with Crippen LogP contribution in [0.4, 0.5) is 0 Å². The van der Waals surface area contributed by atoms with Crippen LogP contribution in [-0.4, -0.2) is 44.7 Å². The van der Waals surface area contributed by atoms with E-state index in [-0.39, 0.29) is 23.3 Å². The minimum atomic E-state index is -0.104. The summed E-state index contributed by atoms with van der Waals surface area (Å²) in [5.74, 6) is 2.17. The van der Waals surface area contributed by atoms with Gasteiger partial charge in [-0.3, -0.25) is 9.69 Å². The number of fused-ring (bicyclic) bond motifs is 1. The first kappa shape index (κ1) is 20.7. The number of hydrogen-bond donors (Lipinski definition) is 0. The number of carbonyl (C=O) groups excluding carboxylic acids is 1. The lowest BCUT2D eigenvalue weighted by atomic mass is 9.68. The number of likely N-dealkylation sites (tertiary alicyclic amines) is 1. The van der Waals surface area contributed by atoms with Crippen molar-refractivity contribution in [2.45, 2.75) is 57.4 Å². The Kier molecular flexibility index (Phi) is 6.33. The molecule has 1 aromatic carbocycles. The first-order chi connectivity index (χ1) is 13.4. The number of hydrogen-bond acceptors (Lipinski definition) is 5. The minimum Gasteiger partial charge on any atom is -0.493 e. The Morgan fingerprint density at radius 3 is 2.68 bits per heavy atom. The summed E-state index contributed by atoms with van der Waals surface area (Å²) in [6.07, 6.45) is 6.84. The van der Waals surface area contributed by atoms with Crippen LogP contribution in [0, 0.1) is 5.92 Å². The molecule has 1 saturated heterocycles. The number of rotatable bonds is 7. The van der Waals surface area contributed by atoms with Crippen molar-refractivity contribution in [3.05, 3.63) is 35.6 Å². The van der Waals surface area contributed by atoms with Crippen LogP contribution in [-0.2, 0) is 14.9 Å². The zero-order chi connectivity index (χ0) is 20.3. The van der Waals surface area contributed by atoms with Crippen LogP contribution in [0.5, 0.6) is 11.5 Å². The summed E-state index contributed by atoms with van der Waals surface area (Å²) >= 11 is 0. The topological polar surface area (TPSA) is 48.0 Å². The van der Waals surface area contributed by atoms with E-state index in [2.05, 4.69) is 37.1 Å². The lowest BCUT2D eigenvalue weighted by molar-refractivity contribution is -0.144. The molecule has 2 unspecified atom stereocenters. The van der Waals surface area contributed by atoms with Crippen molar-refractivity contribution in [2.24, 2.45) is 5.92 Å². The fraction of sp³-hybridized carbons (Fsp3) is 0.609. The number of carbonyl (C=O) groups is 1. The van der Waals surface area contributed by atoms with E-state index in [1.807, 2.05) is 13.0 Å². The molecule has 1 aliphatic heterocycles. The van der Waals surface area contributed by atoms with Gasteiger partial charge in [0, 0.05) is 17.9 Å². The highest BCUT2D eigenvalue weighted by Crippen LogP contribution is 2.49. The van der Waals surface area contributed by atoms with Crippen molar-refractivity contribution in [3.63, 3.8) is 0 Å². The van der Waals surface area contributed by atoms with Gasteiger partial charge >= 0.3 is 5.97 Å². The Bertz CT molecular complexity index is 744. The van der Waals surface area contributed by atoms with Crippen molar-refractivity contribution >= 4 is 5.97 Å². The molecule has 0 radical (unpaired) electrons. The number of ether oxygens (including phenoxy) is 3. The summed E-state index contributed by atoms with van der Waals surface area (Å²) in [7, 11) is 5.48. The van der Waals surface area contributed by atoms with E-state index >= 15 is 0 Å². The van der Waals surface area contributed by atoms with Crippen LogP contribution < -0.4 is 9.47 Å². The summed E-state index contributed by atoms with van der Waals surface area (Å²) < 4.78 is 16.7. The third kappa shape index (κ3) is 3.77. The number of benzene rings is 1. The maximum atomic E-state index is 12.4. The van der Waals surface area contributed by atoms with E-state index in [4.69, 9.17) is 14.2 Å². The van der Waals surface area contributed by atoms with E-state index in [1.54, 1.807) is 14.2 Å². The third-order valence-corrected chi connectivity index (χ3v) is 6.43. The molecular formula is C23H33NO4. The highest BCUT2D eigenvalue weighted by atomic mass is 16.5. The first-order valence-corrected chi connectivity index (χ1v) is 10.3. The van der Waals surface area contributed by atoms with Gasteiger partial charge in [-0.2, -0.15) is 0 Å². The average Bonchev–Trinajstić information content (AvgIpc) is 3.05. The lowest BCUT2D eigenvalue weighted by Crippen LogP contribution is -2.42. The van der Waals surface area contributed by atoms with Crippen LogP contribution >= 0.6 is 0 Å². The predicted octanol–water partition coefficient (Wildman–Crippen LogP) is 4.30. The zero-order valence-corrected chi connectivity index (χ0v) is 17.8. The number of nitrogens with zero attached hydrogens (tertiary/aromatic N) is 1. The second kappa shape index (κ2) is 8.56. The standard InChI is InChI=1S/C23H33NO4/c1-6-7-16(2)22(25)28-18-10-11-23(12-13-24(3)21(23)15-18)17-8-9-19(26-4)20(14-17)27-5/h8-9,14-16,21H,6-7,10-13H2,1-5H3/t16?,21?,23-/m0/s1. The molecule has 1 aromatic rings. The second-order valence-corrected chi connectivity index (χ2v) is 8.15. The smallest absolute Gasteiger partial charge is 0.313 e. The molecule has 154 valence electrons. The summed E-state index contributed by atoms with van der Waals surface area (Å²) in [5, 5.41) is 0. The average molecular weight is 388 g/mol. The van der Waals surface area contributed by atoms with E-state index in [1.165, 1.54) is 5.56 Å². The second-order valence-electron chi connectivity index (χ2n) is 8.15. The first-order valence-electron chi connectivity index (χ1n) is 10.3. The third-order valence-electron chi connectivity index (χ3n) is 6.43. The molecule has 5 heteroatoms. The van der Waals surface area contributed by atoms with Gasteiger partial charge in [-0.1, -0.05) is 26.3 Å². The molecule has 3 rings (SSSR count). The molecular weight excluding hydrogens is 354 g/mol. The van der Waals surface area contributed by atoms with Crippen molar-refractivity contribution in [3.8, 4) is 11.5 Å². The number of methoxy groups -OCH3 is 2. The van der Waals surface area contributed by atoms with Gasteiger partial charge in [-0.25, -0.2) is 0 Å². The van der Waals surface area contributed by atoms with Crippen LogP contribution in [0.2, 0.25) is 0 Å². The number of esters is 1. The summed E-state index contributed by atoms with van der Waals surface area (Å²) in [4.78, 5) is 14.7. The van der Waals surface area contributed by atoms with Gasteiger partial charge in [-0.15, -0.1) is 0 Å². The molecule has 5 nitrogen and oxygen atoms in total. The molecule has 2 aliphatic rings. The van der Waals surface area contributed by atoms with E-state index in [9.17, 15) is 4.79 Å². The molecule has 0 aromatic heterocycles. The van der Waals surface area contributed by atoms with E-state index < -0.39 is 0 Å². The quantitative estimate of drug-likeness (QED) is 0.653. The summed E-state index contributed by atoms with van der Waals surface area (Å²) in [5.41, 5.74) is 1.28. The molecule has 28 heavy (non-hydrogen) atoms. The van der Waals surface area contributed by atoms with Crippen LogP contribution in [0.3, 0.4) is 0 Å². The lowest BCUT2D eigenvalue weighted by Gasteiger charge is -2.40. The Morgan fingerprint density at radius 1 is 1.25 bits per heavy atom.